The van der Waals surface area contributed by atoms with Crippen molar-refractivity contribution in [1.82, 2.24) is 9.97 Å². The zero-order valence-electron chi connectivity index (χ0n) is 11.8. The van der Waals surface area contributed by atoms with Crippen LogP contribution in [-0.2, 0) is 12.8 Å². The summed E-state index contributed by atoms with van der Waals surface area (Å²) in [4.78, 5) is 14.4. The molecule has 0 saturated carbocycles. The number of aromatic nitrogens is 2. The second-order valence-electron chi connectivity index (χ2n) is 5.77. The van der Waals surface area contributed by atoms with Gasteiger partial charge in [0.2, 0.25) is 0 Å². The molecule has 20 heavy (non-hydrogen) atoms. The fourth-order valence-corrected chi connectivity index (χ4v) is 4.77. The van der Waals surface area contributed by atoms with Crippen molar-refractivity contribution in [2.45, 2.75) is 51.5 Å². The summed E-state index contributed by atoms with van der Waals surface area (Å²) in [6, 6.07) is 0.615. The first-order valence-electron chi connectivity index (χ1n) is 7.36. The van der Waals surface area contributed by atoms with Crippen LogP contribution in [0.5, 0.6) is 0 Å². The molecule has 1 atom stereocenters. The van der Waals surface area contributed by atoms with Crippen LogP contribution >= 0.6 is 23.7 Å². The number of hydrogen-bond donors (Lipinski definition) is 0. The van der Waals surface area contributed by atoms with Gasteiger partial charge in [-0.25, -0.2) is 9.97 Å². The van der Waals surface area contributed by atoms with Gasteiger partial charge in [0.15, 0.2) is 0 Å². The Kier molecular flexibility index (Phi) is 3.87. The molecular formula is C15H20ClN3S. The minimum atomic E-state index is 0. The topological polar surface area (TPSA) is 29.0 Å². The molecule has 1 aliphatic heterocycles. The van der Waals surface area contributed by atoms with Crippen LogP contribution in [0.25, 0.3) is 10.2 Å². The second-order valence-corrected chi connectivity index (χ2v) is 6.86. The lowest BCUT2D eigenvalue weighted by atomic mass is 10.0. The molecule has 1 saturated heterocycles. The lowest BCUT2D eigenvalue weighted by Crippen LogP contribution is -2.38. The van der Waals surface area contributed by atoms with Crippen LogP contribution in [0, 0.1) is 0 Å². The predicted molar refractivity (Wildman–Crippen MR) is 87.3 cm³/mol. The van der Waals surface area contributed by atoms with E-state index >= 15 is 0 Å². The number of piperidine rings is 1. The molecule has 2 aliphatic rings. The van der Waals surface area contributed by atoms with Crippen LogP contribution in [0.1, 0.15) is 43.0 Å². The normalized spacial score (nSPS) is 21.9. The minimum Gasteiger partial charge on any atom is -0.353 e. The lowest BCUT2D eigenvalue weighted by Gasteiger charge is -2.34. The van der Waals surface area contributed by atoms with Gasteiger partial charge in [-0.1, -0.05) is 0 Å². The van der Waals surface area contributed by atoms with Crippen LogP contribution in [0.15, 0.2) is 6.33 Å². The Morgan fingerprint density at radius 2 is 2.10 bits per heavy atom. The van der Waals surface area contributed by atoms with Gasteiger partial charge in [0.25, 0.3) is 0 Å². The van der Waals surface area contributed by atoms with Crippen LogP contribution < -0.4 is 4.90 Å². The summed E-state index contributed by atoms with van der Waals surface area (Å²) < 4.78 is 0. The van der Waals surface area contributed by atoms with E-state index < -0.39 is 0 Å². The third kappa shape index (κ3) is 2.09. The molecular weight excluding hydrogens is 290 g/mol. The van der Waals surface area contributed by atoms with Gasteiger partial charge in [-0.2, -0.15) is 0 Å². The quantitative estimate of drug-likeness (QED) is 0.798. The first kappa shape index (κ1) is 14.1. The lowest BCUT2D eigenvalue weighted by molar-refractivity contribution is 0.482. The molecule has 0 aromatic carbocycles. The fraction of sp³-hybridized carbons (Fsp3) is 0.600. The molecule has 0 radical (unpaired) electrons. The molecule has 0 amide bonds. The molecule has 108 valence electrons. The van der Waals surface area contributed by atoms with Gasteiger partial charge in [0.05, 0.1) is 5.39 Å². The summed E-state index contributed by atoms with van der Waals surface area (Å²) in [5, 5.41) is 1.37. The highest BCUT2D eigenvalue weighted by molar-refractivity contribution is 7.19. The highest BCUT2D eigenvalue weighted by Gasteiger charge is 2.26. The number of rotatable bonds is 1. The van der Waals surface area contributed by atoms with Crippen molar-refractivity contribution >= 4 is 39.8 Å². The molecule has 2 aromatic rings. The van der Waals surface area contributed by atoms with Gasteiger partial charge in [-0.05, 0) is 51.0 Å². The average Bonchev–Trinajstić information content (AvgIpc) is 2.99. The Balaban J connectivity index is 0.00000121. The number of aryl methyl sites for hydroxylation is 2. The van der Waals surface area contributed by atoms with Gasteiger partial charge in [0, 0.05) is 17.5 Å². The second kappa shape index (κ2) is 5.49. The van der Waals surface area contributed by atoms with Crippen molar-refractivity contribution in [2.24, 2.45) is 0 Å². The van der Waals surface area contributed by atoms with E-state index in [1.165, 1.54) is 54.6 Å². The maximum atomic E-state index is 4.65. The molecule has 2 aromatic heterocycles. The number of thiophene rings is 1. The van der Waals surface area contributed by atoms with E-state index in [0.717, 1.165) is 6.54 Å². The van der Waals surface area contributed by atoms with E-state index in [2.05, 4.69) is 21.8 Å². The van der Waals surface area contributed by atoms with Crippen LogP contribution in [0.3, 0.4) is 0 Å². The van der Waals surface area contributed by atoms with Crippen LogP contribution in [-0.4, -0.2) is 22.6 Å². The number of fused-ring (bicyclic) bond motifs is 3. The Bertz CT molecular complexity index is 625. The van der Waals surface area contributed by atoms with Crippen molar-refractivity contribution in [2.75, 3.05) is 11.4 Å². The van der Waals surface area contributed by atoms with Crippen molar-refractivity contribution in [3.05, 3.63) is 16.8 Å². The van der Waals surface area contributed by atoms with E-state index in [-0.39, 0.29) is 12.4 Å². The summed E-state index contributed by atoms with van der Waals surface area (Å²) in [5.41, 5.74) is 1.55. The smallest absolute Gasteiger partial charge is 0.141 e. The summed E-state index contributed by atoms with van der Waals surface area (Å²) >= 11 is 1.89. The van der Waals surface area contributed by atoms with Crippen molar-refractivity contribution in [3.8, 4) is 0 Å². The standard InChI is InChI=1S/C15H19N3S.ClH/c1-10-5-2-3-8-18(10)14-13-11-6-4-7-12(11)19-15(13)17-9-16-14;/h9-10H,2-8H2,1H3;1H. The zero-order chi connectivity index (χ0) is 12.8. The molecule has 5 heteroatoms. The van der Waals surface area contributed by atoms with Gasteiger partial charge in [-0.15, -0.1) is 23.7 Å². The highest BCUT2D eigenvalue weighted by Crippen LogP contribution is 2.41. The number of nitrogens with zero attached hydrogens (tertiary/aromatic N) is 3. The molecule has 4 rings (SSSR count). The molecule has 0 spiro atoms. The maximum Gasteiger partial charge on any atom is 0.141 e. The monoisotopic (exact) mass is 309 g/mol. The molecule has 1 aliphatic carbocycles. The molecule has 1 fully saturated rings. The number of halogens is 1. The summed E-state index contributed by atoms with van der Waals surface area (Å²) in [6.45, 7) is 3.48. The van der Waals surface area contributed by atoms with Crippen molar-refractivity contribution < 1.29 is 0 Å². The first-order chi connectivity index (χ1) is 9.34. The van der Waals surface area contributed by atoms with Crippen LogP contribution in [0.2, 0.25) is 0 Å². The largest absolute Gasteiger partial charge is 0.353 e. The van der Waals surface area contributed by atoms with Crippen molar-refractivity contribution in [3.63, 3.8) is 0 Å². The molecule has 1 unspecified atom stereocenters. The van der Waals surface area contributed by atoms with Gasteiger partial charge < -0.3 is 4.90 Å². The molecule has 3 nitrogen and oxygen atoms in total. The van der Waals surface area contributed by atoms with E-state index in [1.807, 2.05) is 11.3 Å². The Morgan fingerprint density at radius 1 is 1.20 bits per heavy atom. The highest BCUT2D eigenvalue weighted by atomic mass is 35.5. The van der Waals surface area contributed by atoms with Crippen LogP contribution in [0.4, 0.5) is 5.82 Å². The molecule has 0 bridgehead atoms. The van der Waals surface area contributed by atoms with E-state index in [4.69, 9.17) is 0 Å². The SMILES string of the molecule is CC1CCCCN1c1ncnc2sc3c(c12)CCC3.Cl. The predicted octanol–water partition coefficient (Wildman–Crippen LogP) is 3.98. The van der Waals surface area contributed by atoms with Gasteiger partial charge in [0.1, 0.15) is 17.0 Å². The van der Waals surface area contributed by atoms with E-state index in [9.17, 15) is 0 Å². The average molecular weight is 310 g/mol. The Labute approximate surface area is 129 Å². The Hall–Kier alpha value is -0.870. The molecule has 0 N–H and O–H groups in total. The zero-order valence-corrected chi connectivity index (χ0v) is 13.4. The number of hydrogen-bond acceptors (Lipinski definition) is 4. The fourth-order valence-electron chi connectivity index (χ4n) is 3.54. The summed E-state index contributed by atoms with van der Waals surface area (Å²) in [5.74, 6) is 1.21. The van der Waals surface area contributed by atoms with Crippen molar-refractivity contribution in [1.29, 1.82) is 0 Å². The van der Waals surface area contributed by atoms with Gasteiger partial charge >= 0.3 is 0 Å². The summed E-state index contributed by atoms with van der Waals surface area (Å²) in [6.07, 6.45) is 9.46. The van der Waals surface area contributed by atoms with Gasteiger partial charge in [-0.3, -0.25) is 0 Å². The van der Waals surface area contributed by atoms with E-state index in [0.29, 0.717) is 6.04 Å². The number of anilines is 1. The first-order valence-corrected chi connectivity index (χ1v) is 8.18. The molecule has 3 heterocycles. The maximum absolute atomic E-state index is 4.65. The minimum absolute atomic E-state index is 0. The van der Waals surface area contributed by atoms with E-state index in [1.54, 1.807) is 16.8 Å². The Morgan fingerprint density at radius 3 is 2.95 bits per heavy atom. The summed E-state index contributed by atoms with van der Waals surface area (Å²) in [7, 11) is 0. The third-order valence-electron chi connectivity index (χ3n) is 4.56. The third-order valence-corrected chi connectivity index (χ3v) is 5.76.